The summed E-state index contributed by atoms with van der Waals surface area (Å²) in [6, 6.07) is 0. The molecule has 0 N–H and O–H groups in total. The number of esters is 1. The molecule has 0 atom stereocenters. The minimum absolute atomic E-state index is 0.383. The lowest BCUT2D eigenvalue weighted by Crippen LogP contribution is -2.29. The number of ether oxygens (including phenoxy) is 1. The molecule has 3 nitrogen and oxygen atoms in total. The Morgan fingerprint density at radius 1 is 1.42 bits per heavy atom. The Hall–Kier alpha value is -0.570. The van der Waals surface area contributed by atoms with E-state index in [9.17, 15) is 9.90 Å². The van der Waals surface area contributed by atoms with Crippen LogP contribution in [0.5, 0.6) is 0 Å². The Labute approximate surface area is 73.7 Å². The molecule has 0 amide bonds. The molecule has 0 unspecified atom stereocenters. The van der Waals surface area contributed by atoms with Gasteiger partial charge in [0.25, 0.3) is 0 Å². The van der Waals surface area contributed by atoms with Gasteiger partial charge >= 0.3 is 5.97 Å². The van der Waals surface area contributed by atoms with Crippen LogP contribution in [0.2, 0.25) is 0 Å². The normalized spacial score (nSPS) is 11.3. The van der Waals surface area contributed by atoms with Crippen molar-refractivity contribution in [3.05, 3.63) is 0 Å². The van der Waals surface area contributed by atoms with Crippen LogP contribution in [-0.4, -0.2) is 19.2 Å². The van der Waals surface area contributed by atoms with Crippen LogP contribution in [-0.2, 0) is 14.6 Å². The Morgan fingerprint density at radius 3 is 2.42 bits per heavy atom. The molecule has 0 saturated heterocycles. The monoisotopic (exact) mass is 173 g/mol. The summed E-state index contributed by atoms with van der Waals surface area (Å²) in [6.07, 6.45) is 1.85. The lowest BCUT2D eigenvalue weighted by molar-refractivity contribution is -0.157. The molecule has 3 heteroatoms. The van der Waals surface area contributed by atoms with Crippen LogP contribution in [0.1, 0.15) is 33.6 Å². The molecule has 0 aliphatic heterocycles. The van der Waals surface area contributed by atoms with Gasteiger partial charge in [-0.25, -0.2) is 5.11 Å². The summed E-state index contributed by atoms with van der Waals surface area (Å²) >= 11 is 0. The predicted molar refractivity (Wildman–Crippen MR) is 45.2 cm³/mol. The highest BCUT2D eigenvalue weighted by atomic mass is 16.5. The van der Waals surface area contributed by atoms with Crippen LogP contribution in [0.4, 0.5) is 0 Å². The van der Waals surface area contributed by atoms with E-state index < -0.39 is 12.0 Å². The van der Waals surface area contributed by atoms with Gasteiger partial charge < -0.3 is 4.74 Å². The van der Waals surface area contributed by atoms with Crippen molar-refractivity contribution in [2.24, 2.45) is 5.41 Å². The predicted octanol–water partition coefficient (Wildman–Crippen LogP) is 1.79. The van der Waals surface area contributed by atoms with E-state index in [-0.39, 0.29) is 5.97 Å². The molecule has 0 aromatic carbocycles. The molecule has 0 heterocycles. The van der Waals surface area contributed by atoms with E-state index in [2.05, 4.69) is 0 Å². The van der Waals surface area contributed by atoms with E-state index in [1.807, 2.05) is 6.92 Å². The molecule has 1 radical (unpaired) electrons. The van der Waals surface area contributed by atoms with E-state index in [1.54, 1.807) is 13.8 Å². The van der Waals surface area contributed by atoms with Crippen molar-refractivity contribution in [3.63, 3.8) is 0 Å². The largest absolute Gasteiger partial charge is 0.465 e. The maximum absolute atomic E-state index is 11.1. The van der Waals surface area contributed by atoms with Gasteiger partial charge in [-0.1, -0.05) is 13.3 Å². The molecule has 0 aromatic rings. The third kappa shape index (κ3) is 3.72. The summed E-state index contributed by atoms with van der Waals surface area (Å²) in [7, 11) is 0. The van der Waals surface area contributed by atoms with E-state index >= 15 is 0 Å². The van der Waals surface area contributed by atoms with Crippen molar-refractivity contribution < 1.29 is 14.6 Å². The van der Waals surface area contributed by atoms with Crippen molar-refractivity contribution in [3.8, 4) is 0 Å². The molecule has 0 aliphatic rings. The van der Waals surface area contributed by atoms with Gasteiger partial charge in [0.15, 0.2) is 0 Å². The molecular formula is C9H17O3. The van der Waals surface area contributed by atoms with Gasteiger partial charge in [-0.05, 0) is 20.3 Å². The summed E-state index contributed by atoms with van der Waals surface area (Å²) in [5.74, 6) is -0.383. The van der Waals surface area contributed by atoms with Crippen LogP contribution in [0.3, 0.4) is 0 Å². The molecule has 0 fully saturated rings. The third-order valence-corrected chi connectivity index (χ3v) is 1.64. The zero-order valence-electron chi connectivity index (χ0n) is 8.05. The molecule has 0 spiro atoms. The Balaban J connectivity index is 3.72. The minimum atomic E-state index is -0.867. The fraction of sp³-hybridized carbons (Fsp3) is 0.889. The summed E-state index contributed by atoms with van der Waals surface area (Å²) < 4.78 is 4.90. The molecule has 0 bridgehead atoms. The maximum Gasteiger partial charge on any atom is 0.313 e. The summed E-state index contributed by atoms with van der Waals surface area (Å²) in [4.78, 5) is 11.1. The van der Waals surface area contributed by atoms with Crippen molar-refractivity contribution in [1.29, 1.82) is 0 Å². The summed E-state index contributed by atoms with van der Waals surface area (Å²) in [5.41, 5.74) is -0.867. The van der Waals surface area contributed by atoms with Crippen LogP contribution in [0, 0.1) is 5.41 Å². The van der Waals surface area contributed by atoms with Crippen LogP contribution < -0.4 is 0 Å². The highest BCUT2D eigenvalue weighted by Crippen LogP contribution is 2.16. The number of hydrogen-bond acceptors (Lipinski definition) is 2. The number of rotatable bonds is 5. The number of carbonyl (C=O) groups is 1. The second-order valence-corrected chi connectivity index (χ2v) is 3.52. The van der Waals surface area contributed by atoms with E-state index in [4.69, 9.17) is 4.74 Å². The minimum Gasteiger partial charge on any atom is -0.465 e. The standard InChI is InChI=1S/C9H17O3/c1-4-5-6-12-8(11)9(2,3)7-10/h4-7H2,1-3H3. The molecule has 71 valence electrons. The topological polar surface area (TPSA) is 46.2 Å². The van der Waals surface area contributed by atoms with Crippen LogP contribution in [0.25, 0.3) is 0 Å². The molecule has 0 saturated carbocycles. The van der Waals surface area contributed by atoms with Gasteiger partial charge in [0.2, 0.25) is 0 Å². The third-order valence-electron chi connectivity index (χ3n) is 1.64. The first-order valence-corrected chi connectivity index (χ1v) is 4.30. The van der Waals surface area contributed by atoms with Crippen molar-refractivity contribution in [2.75, 3.05) is 13.2 Å². The first kappa shape index (κ1) is 11.4. The lowest BCUT2D eigenvalue weighted by Gasteiger charge is -2.18. The zero-order chi connectivity index (χ0) is 9.61. The smallest absolute Gasteiger partial charge is 0.313 e. The molecule has 0 rings (SSSR count). The van der Waals surface area contributed by atoms with E-state index in [1.165, 1.54) is 0 Å². The van der Waals surface area contributed by atoms with Gasteiger partial charge in [-0.3, -0.25) is 4.79 Å². The maximum atomic E-state index is 11.1. The molecule has 12 heavy (non-hydrogen) atoms. The molecular weight excluding hydrogens is 156 g/mol. The second kappa shape index (κ2) is 5.14. The Morgan fingerprint density at radius 2 is 2.00 bits per heavy atom. The SMILES string of the molecule is CCCCOC(=O)C(C)(C)C[O]. The van der Waals surface area contributed by atoms with E-state index in [0.29, 0.717) is 6.61 Å². The molecule has 0 aliphatic carbocycles. The summed E-state index contributed by atoms with van der Waals surface area (Å²) in [6.45, 7) is 5.24. The zero-order valence-corrected chi connectivity index (χ0v) is 8.05. The van der Waals surface area contributed by atoms with Crippen molar-refractivity contribution in [2.45, 2.75) is 33.6 Å². The fourth-order valence-corrected chi connectivity index (χ4v) is 0.563. The number of unbranched alkanes of at least 4 members (excludes halogenated alkanes) is 1. The molecule has 0 aromatic heterocycles. The lowest BCUT2D eigenvalue weighted by atomic mass is 9.95. The van der Waals surface area contributed by atoms with Crippen LogP contribution >= 0.6 is 0 Å². The Bertz CT molecular complexity index is 141. The highest BCUT2D eigenvalue weighted by molar-refractivity contribution is 5.75. The highest BCUT2D eigenvalue weighted by Gasteiger charge is 2.28. The average Bonchev–Trinajstić information content (AvgIpc) is 2.05. The van der Waals surface area contributed by atoms with Gasteiger partial charge in [0.05, 0.1) is 18.6 Å². The van der Waals surface area contributed by atoms with Gasteiger partial charge in [-0.15, -0.1) is 0 Å². The van der Waals surface area contributed by atoms with Gasteiger partial charge in [-0.2, -0.15) is 0 Å². The van der Waals surface area contributed by atoms with Gasteiger partial charge in [0.1, 0.15) is 0 Å². The van der Waals surface area contributed by atoms with E-state index in [0.717, 1.165) is 12.8 Å². The quantitative estimate of drug-likeness (QED) is 0.470. The second-order valence-electron chi connectivity index (χ2n) is 3.52. The Kier molecular flexibility index (Phi) is 4.90. The summed E-state index contributed by atoms with van der Waals surface area (Å²) in [5, 5.41) is 10.5. The average molecular weight is 173 g/mol. The number of hydrogen-bond donors (Lipinski definition) is 0. The van der Waals surface area contributed by atoms with Crippen molar-refractivity contribution >= 4 is 5.97 Å². The number of carbonyl (C=O) groups excluding carboxylic acids is 1. The van der Waals surface area contributed by atoms with Crippen molar-refractivity contribution in [1.82, 2.24) is 0 Å². The fourth-order valence-electron chi connectivity index (χ4n) is 0.563. The first-order chi connectivity index (χ1) is 5.54. The van der Waals surface area contributed by atoms with Gasteiger partial charge in [0, 0.05) is 0 Å². The first-order valence-electron chi connectivity index (χ1n) is 4.30. The van der Waals surface area contributed by atoms with Crippen LogP contribution in [0.15, 0.2) is 0 Å².